The quantitative estimate of drug-likeness (QED) is 0.256. The maximum absolute atomic E-state index is 14.2. The summed E-state index contributed by atoms with van der Waals surface area (Å²) >= 11 is 7.54. The number of fused-ring (bicyclic) bond motifs is 2. The second-order valence-electron chi connectivity index (χ2n) is 6.45. The summed E-state index contributed by atoms with van der Waals surface area (Å²) in [6, 6.07) is 4.38. The molecular weight excluding hydrogens is 443 g/mol. The first-order valence-corrected chi connectivity index (χ1v) is 10.2. The fraction of sp³-hybridized carbons (Fsp3) is 0.100. The van der Waals surface area contributed by atoms with E-state index in [9.17, 15) is 14.3 Å². The normalized spacial score (nSPS) is 11.0. The van der Waals surface area contributed by atoms with Crippen molar-refractivity contribution in [2.45, 2.75) is 0 Å². The number of amides is 1. The van der Waals surface area contributed by atoms with E-state index in [1.54, 1.807) is 6.07 Å². The third kappa shape index (κ3) is 3.82. The van der Waals surface area contributed by atoms with Crippen LogP contribution in [0.25, 0.3) is 32.2 Å². The molecule has 1 amide bonds. The van der Waals surface area contributed by atoms with Crippen molar-refractivity contribution in [1.29, 1.82) is 0 Å². The number of carbonyl (C=O) groups is 1. The van der Waals surface area contributed by atoms with E-state index in [1.165, 1.54) is 24.5 Å². The molecule has 2 aromatic carbocycles. The number of nitrogens with one attached hydrogen (secondary N) is 2. The fourth-order valence-corrected chi connectivity index (χ4v) is 4.25. The number of halogens is 2. The van der Waals surface area contributed by atoms with Gasteiger partial charge in [0.1, 0.15) is 23.5 Å². The number of aromatic nitrogens is 3. The molecule has 0 atom stereocenters. The second kappa shape index (κ2) is 8.32. The molecule has 2 aromatic heterocycles. The van der Waals surface area contributed by atoms with Crippen LogP contribution in [-0.2, 0) is 4.79 Å². The van der Waals surface area contributed by atoms with Crippen LogP contribution in [0.5, 0.6) is 5.75 Å². The molecule has 8 nitrogen and oxygen atoms in total. The number of phenolic OH excluding ortho intramolecular Hbond substituents is 1. The molecule has 0 saturated carbocycles. The Hall–Kier alpha value is -3.50. The molecule has 0 saturated heterocycles. The van der Waals surface area contributed by atoms with Crippen molar-refractivity contribution >= 4 is 60.9 Å². The summed E-state index contributed by atoms with van der Waals surface area (Å²) in [5.41, 5.74) is 7.04. The Morgan fingerprint density at radius 2 is 2.13 bits per heavy atom. The number of nitrogens with two attached hydrogens (primary N) is 1. The van der Waals surface area contributed by atoms with Crippen molar-refractivity contribution in [3.8, 4) is 16.9 Å². The number of hydrogen-bond acceptors (Lipinski definition) is 8. The minimum Gasteiger partial charge on any atom is -0.505 e. The highest BCUT2D eigenvalue weighted by atomic mass is 35.5. The van der Waals surface area contributed by atoms with E-state index < -0.39 is 5.82 Å². The van der Waals surface area contributed by atoms with E-state index in [0.717, 1.165) is 11.3 Å². The van der Waals surface area contributed by atoms with Crippen molar-refractivity contribution in [2.24, 2.45) is 0 Å². The molecular formula is C20H16ClFN6O2S. The summed E-state index contributed by atoms with van der Waals surface area (Å²) in [7, 11) is 0. The highest BCUT2D eigenvalue weighted by Gasteiger charge is 2.21. The van der Waals surface area contributed by atoms with Crippen LogP contribution in [0.15, 0.2) is 37.2 Å². The number of rotatable bonds is 6. The molecule has 11 heteroatoms. The lowest BCUT2D eigenvalue weighted by Gasteiger charge is -2.14. The summed E-state index contributed by atoms with van der Waals surface area (Å²) in [6.45, 7) is 4.11. The summed E-state index contributed by atoms with van der Waals surface area (Å²) in [5.74, 6) is -0.495. The summed E-state index contributed by atoms with van der Waals surface area (Å²) in [6.07, 6.45) is 2.48. The predicted molar refractivity (Wildman–Crippen MR) is 121 cm³/mol. The van der Waals surface area contributed by atoms with Crippen LogP contribution in [0.3, 0.4) is 0 Å². The zero-order chi connectivity index (χ0) is 22.1. The van der Waals surface area contributed by atoms with Crippen LogP contribution < -0.4 is 16.4 Å². The zero-order valence-electron chi connectivity index (χ0n) is 15.9. The van der Waals surface area contributed by atoms with Crippen LogP contribution in [0.4, 0.5) is 15.3 Å². The number of phenols is 1. The lowest BCUT2D eigenvalue weighted by Crippen LogP contribution is -2.27. The van der Waals surface area contributed by atoms with Crippen molar-refractivity contribution in [3.63, 3.8) is 0 Å². The fourth-order valence-electron chi connectivity index (χ4n) is 3.18. The Balaban J connectivity index is 1.77. The van der Waals surface area contributed by atoms with Gasteiger partial charge < -0.3 is 21.5 Å². The standard InChI is InChI=1S/C20H16ClFN6O2S/c1-2-13(29)24-5-6-25-19-10-7-11(21)14(17(30)15(10)26-8-27-19)9-3-4-12(22)18-16(9)28-20(23)31-18/h2-4,7-8,30H,1,5-6H2,(H2,23,28)(H,24,29)(H,25,26,27). The second-order valence-corrected chi connectivity index (χ2v) is 7.88. The van der Waals surface area contributed by atoms with E-state index in [2.05, 4.69) is 32.2 Å². The highest BCUT2D eigenvalue weighted by Crippen LogP contribution is 2.45. The van der Waals surface area contributed by atoms with Gasteiger partial charge in [-0.15, -0.1) is 0 Å². The number of carbonyl (C=O) groups excluding carboxylic acids is 1. The lowest BCUT2D eigenvalue weighted by molar-refractivity contribution is -0.116. The molecule has 5 N–H and O–H groups in total. The monoisotopic (exact) mass is 458 g/mol. The maximum atomic E-state index is 14.2. The Kier molecular flexibility index (Phi) is 5.57. The third-order valence-corrected chi connectivity index (χ3v) is 5.73. The number of aromatic hydroxyl groups is 1. The molecule has 4 aromatic rings. The molecule has 0 aliphatic heterocycles. The van der Waals surface area contributed by atoms with Crippen molar-refractivity contribution in [1.82, 2.24) is 20.3 Å². The molecule has 0 bridgehead atoms. The van der Waals surface area contributed by atoms with E-state index in [1.807, 2.05) is 0 Å². The number of benzene rings is 2. The summed E-state index contributed by atoms with van der Waals surface area (Å²) in [5, 5.41) is 17.6. The predicted octanol–water partition coefficient (Wildman–Crippen LogP) is 3.70. The largest absolute Gasteiger partial charge is 0.505 e. The van der Waals surface area contributed by atoms with Gasteiger partial charge >= 0.3 is 0 Å². The van der Waals surface area contributed by atoms with Crippen LogP contribution in [-0.4, -0.2) is 39.1 Å². The minimum atomic E-state index is -0.457. The Morgan fingerprint density at radius 3 is 2.90 bits per heavy atom. The van der Waals surface area contributed by atoms with Gasteiger partial charge in [0.05, 0.1) is 15.2 Å². The topological polar surface area (TPSA) is 126 Å². The van der Waals surface area contributed by atoms with Gasteiger partial charge in [0.25, 0.3) is 0 Å². The van der Waals surface area contributed by atoms with Gasteiger partial charge in [-0.05, 0) is 24.3 Å². The van der Waals surface area contributed by atoms with Gasteiger partial charge in [-0.1, -0.05) is 29.5 Å². The van der Waals surface area contributed by atoms with Crippen molar-refractivity contribution < 1.29 is 14.3 Å². The summed E-state index contributed by atoms with van der Waals surface area (Å²) in [4.78, 5) is 23.8. The van der Waals surface area contributed by atoms with E-state index in [4.69, 9.17) is 17.3 Å². The number of nitrogens with zero attached hydrogens (tertiary/aromatic N) is 3. The zero-order valence-corrected chi connectivity index (χ0v) is 17.5. The lowest BCUT2D eigenvalue weighted by atomic mass is 10.0. The van der Waals surface area contributed by atoms with E-state index in [-0.39, 0.29) is 37.6 Å². The molecule has 0 aliphatic rings. The Morgan fingerprint density at radius 1 is 1.32 bits per heavy atom. The van der Waals surface area contributed by atoms with Gasteiger partial charge in [-0.2, -0.15) is 0 Å². The van der Waals surface area contributed by atoms with E-state index >= 15 is 0 Å². The average Bonchev–Trinajstić information content (AvgIpc) is 3.15. The first-order valence-electron chi connectivity index (χ1n) is 9.06. The minimum absolute atomic E-state index is 0.188. The molecule has 0 spiro atoms. The van der Waals surface area contributed by atoms with Gasteiger partial charge in [0.15, 0.2) is 10.9 Å². The molecule has 0 fully saturated rings. The number of anilines is 2. The molecule has 0 unspecified atom stereocenters. The molecule has 31 heavy (non-hydrogen) atoms. The third-order valence-electron chi connectivity index (χ3n) is 4.54. The molecule has 0 radical (unpaired) electrons. The highest BCUT2D eigenvalue weighted by molar-refractivity contribution is 7.22. The van der Waals surface area contributed by atoms with Gasteiger partial charge in [-0.3, -0.25) is 4.79 Å². The molecule has 0 aliphatic carbocycles. The van der Waals surface area contributed by atoms with E-state index in [0.29, 0.717) is 35.4 Å². The number of thiazole rings is 1. The maximum Gasteiger partial charge on any atom is 0.243 e. The van der Waals surface area contributed by atoms with Crippen LogP contribution in [0.1, 0.15) is 0 Å². The van der Waals surface area contributed by atoms with Gasteiger partial charge in [-0.25, -0.2) is 19.3 Å². The first-order chi connectivity index (χ1) is 14.9. The van der Waals surface area contributed by atoms with Crippen LogP contribution in [0.2, 0.25) is 5.02 Å². The SMILES string of the molecule is C=CC(=O)NCCNc1ncnc2c(O)c(-c3ccc(F)c4sc(N)nc34)c(Cl)cc12. The number of nitrogen functional groups attached to an aromatic ring is 1. The summed E-state index contributed by atoms with van der Waals surface area (Å²) < 4.78 is 14.5. The Labute approximate surface area is 184 Å². The van der Waals surface area contributed by atoms with Gasteiger partial charge in [0, 0.05) is 29.6 Å². The average molecular weight is 459 g/mol. The Bertz CT molecular complexity index is 1340. The van der Waals surface area contributed by atoms with Crippen LogP contribution in [0, 0.1) is 5.82 Å². The molecule has 2 heterocycles. The molecule has 4 rings (SSSR count). The first kappa shape index (κ1) is 20.8. The smallest absolute Gasteiger partial charge is 0.243 e. The molecule has 158 valence electrons. The van der Waals surface area contributed by atoms with Crippen molar-refractivity contribution in [3.05, 3.63) is 48.0 Å². The van der Waals surface area contributed by atoms with Crippen molar-refractivity contribution in [2.75, 3.05) is 24.1 Å². The van der Waals surface area contributed by atoms with Gasteiger partial charge in [0.2, 0.25) is 5.91 Å². The number of hydrogen-bond donors (Lipinski definition) is 4. The van der Waals surface area contributed by atoms with Crippen LogP contribution >= 0.6 is 22.9 Å².